The van der Waals surface area contributed by atoms with E-state index in [0.717, 1.165) is 6.08 Å². The Morgan fingerprint density at radius 3 is 1.64 bits per heavy atom. The van der Waals surface area contributed by atoms with Crippen LogP contribution < -0.4 is 20.3 Å². The summed E-state index contributed by atoms with van der Waals surface area (Å²) in [5.41, 5.74) is 1.04. The van der Waals surface area contributed by atoms with Crippen LogP contribution in [0.2, 0.25) is 17.1 Å². The number of anilines is 1. The number of allylic oxidation sites excluding steroid dienone is 3. The first-order valence-corrected chi connectivity index (χ1v) is 23.1. The first-order chi connectivity index (χ1) is 31.8. The third-order valence-electron chi connectivity index (χ3n) is 11.2. The van der Waals surface area contributed by atoms with E-state index >= 15 is 8.78 Å². The van der Waals surface area contributed by atoms with E-state index in [1.54, 1.807) is 50.3 Å². The zero-order chi connectivity index (χ0) is 54.1. The number of alkyl halides is 17. The smallest absolute Gasteiger partial charge is 0.460 e. The van der Waals surface area contributed by atoms with Gasteiger partial charge >= 0.3 is 53.7 Å². The van der Waals surface area contributed by atoms with E-state index in [2.05, 4.69) is 5.32 Å². The van der Waals surface area contributed by atoms with Crippen molar-refractivity contribution in [2.75, 3.05) is 25.6 Å². The van der Waals surface area contributed by atoms with Crippen LogP contribution in [0.15, 0.2) is 72.3 Å². The second-order valence-corrected chi connectivity index (χ2v) is 21.7. The van der Waals surface area contributed by atoms with Crippen molar-refractivity contribution in [3.8, 4) is 11.5 Å². The summed E-state index contributed by atoms with van der Waals surface area (Å²) in [5, 5.41) is 11.3. The second kappa shape index (κ2) is 23.2. The molecule has 2 amide bonds. The zero-order valence-corrected chi connectivity index (χ0v) is 39.2. The molecular formula is C43H51F17N2O7Si. The fraction of sp³-hybridized carbons (Fsp3) is 0.581. The molecule has 70 heavy (non-hydrogen) atoms. The molecule has 0 unspecified atom stereocenters. The topological polar surface area (TPSA) is 115 Å². The predicted molar refractivity (Wildman–Crippen MR) is 221 cm³/mol. The first-order valence-electron chi connectivity index (χ1n) is 20.8. The lowest BCUT2D eigenvalue weighted by Crippen LogP contribution is -2.74. The van der Waals surface area contributed by atoms with Crippen LogP contribution >= 0.6 is 0 Å². The Morgan fingerprint density at radius 1 is 0.686 bits per heavy atom. The molecule has 0 aliphatic carbocycles. The van der Waals surface area contributed by atoms with Gasteiger partial charge in [-0.1, -0.05) is 58.9 Å². The highest BCUT2D eigenvalue weighted by Crippen LogP contribution is 2.64. The minimum atomic E-state index is -8.71. The number of ether oxygens (including phenoxy) is 3. The molecule has 2 atom stereocenters. The minimum absolute atomic E-state index is 0.129. The van der Waals surface area contributed by atoms with Crippen molar-refractivity contribution in [2.24, 2.45) is 5.92 Å². The van der Waals surface area contributed by atoms with Crippen molar-refractivity contribution in [2.45, 2.75) is 132 Å². The summed E-state index contributed by atoms with van der Waals surface area (Å²) in [6, 6.07) is 10.9. The lowest BCUT2D eigenvalue weighted by molar-refractivity contribution is -0.461. The van der Waals surface area contributed by atoms with E-state index in [-0.39, 0.29) is 11.7 Å². The number of amides is 2. The maximum Gasteiger partial charge on any atom is 0.460 e. The van der Waals surface area contributed by atoms with Gasteiger partial charge in [-0.15, -0.1) is 0 Å². The van der Waals surface area contributed by atoms with Crippen molar-refractivity contribution < 1.29 is 108 Å². The van der Waals surface area contributed by atoms with Crippen LogP contribution in [0.25, 0.3) is 0 Å². The van der Waals surface area contributed by atoms with Gasteiger partial charge in [0.05, 0.1) is 13.7 Å². The number of hydrogen-bond donors (Lipinski definition) is 3. The van der Waals surface area contributed by atoms with Gasteiger partial charge in [0.1, 0.15) is 24.2 Å². The Morgan fingerprint density at radius 2 is 1.17 bits per heavy atom. The summed E-state index contributed by atoms with van der Waals surface area (Å²) in [5.74, 6) is -57.3. The predicted octanol–water partition coefficient (Wildman–Crippen LogP) is 14.0. The molecular weight excluding hydrogens is 1010 g/mol. The number of methoxy groups -OCH3 is 1. The van der Waals surface area contributed by atoms with Gasteiger partial charge in [-0.25, -0.2) is 10.3 Å². The molecule has 0 aromatic heterocycles. The molecule has 2 aromatic carbocycles. The molecule has 0 aliphatic heterocycles. The van der Waals surface area contributed by atoms with Crippen molar-refractivity contribution in [1.82, 2.24) is 5.48 Å². The lowest BCUT2D eigenvalue weighted by Gasteiger charge is -2.44. The molecule has 0 radical (unpaired) electrons. The molecule has 3 N–H and O–H groups in total. The number of hydroxylamine groups is 1. The quantitative estimate of drug-likeness (QED) is 0.0163. The van der Waals surface area contributed by atoms with E-state index in [9.17, 15) is 75.4 Å². The molecule has 9 nitrogen and oxygen atoms in total. The molecule has 2 rings (SSSR count). The molecule has 0 aliphatic rings. The molecule has 0 heterocycles. The molecule has 398 valence electrons. The summed E-state index contributed by atoms with van der Waals surface area (Å²) in [7, 11) is -2.57. The Bertz CT molecular complexity index is 2080. The molecule has 27 heteroatoms. The van der Waals surface area contributed by atoms with Gasteiger partial charge in [-0.3, -0.25) is 15.3 Å². The summed E-state index contributed by atoms with van der Waals surface area (Å²) < 4.78 is 259. The number of hydrogen-bond acceptors (Lipinski definition) is 7. The Kier molecular flexibility index (Phi) is 20.3. The number of halogens is 17. The van der Waals surface area contributed by atoms with Crippen LogP contribution in [-0.2, 0) is 14.0 Å². The van der Waals surface area contributed by atoms with Crippen molar-refractivity contribution in [1.29, 1.82) is 0 Å². The number of carbonyl (C=O) groups is 2. The number of rotatable bonds is 26. The summed E-state index contributed by atoms with van der Waals surface area (Å²) in [6.07, 6.45) is -6.74. The maximum absolute atomic E-state index is 15.0. The highest BCUT2D eigenvalue weighted by Gasteiger charge is 2.95. The fourth-order valence-electron chi connectivity index (χ4n) is 7.02. The third-order valence-corrected chi connectivity index (χ3v) is 16.9. The van der Waals surface area contributed by atoms with Crippen LogP contribution in [0, 0.1) is 5.92 Å². The van der Waals surface area contributed by atoms with Crippen molar-refractivity contribution in [3.05, 3.63) is 77.9 Å². The number of carbonyl (C=O) groups excluding carboxylic acids is 2. The molecule has 0 saturated carbocycles. The molecule has 0 fully saturated rings. The Labute approximate surface area is 391 Å². The van der Waals surface area contributed by atoms with Gasteiger partial charge in [-0.2, -0.15) is 74.6 Å². The van der Waals surface area contributed by atoms with Crippen LogP contribution in [-0.4, -0.2) is 93.5 Å². The SMILES string of the molecule is COc1ccc(NC(=O)O[C@@H](c2ccc(OCCO[Si](CCC(F)(F)C(F)(F)C(F)(F)C(F)(F)C(F)(F)C(F)(F)C(F)(F)C(F)(F)F)(C(C)C)C(C)C)cc2)[C@@H](C)CC/C=C/C(C)=C/C(=O)NO)cc1. The zero-order valence-electron chi connectivity index (χ0n) is 38.2. The Hall–Kier alpha value is -4.79. The molecule has 0 saturated heterocycles. The van der Waals surface area contributed by atoms with Crippen molar-refractivity contribution >= 4 is 26.0 Å². The molecule has 0 bridgehead atoms. The van der Waals surface area contributed by atoms with Crippen LogP contribution in [0.1, 0.15) is 72.5 Å². The van der Waals surface area contributed by atoms with E-state index in [1.165, 1.54) is 64.6 Å². The van der Waals surface area contributed by atoms with Gasteiger partial charge in [-0.05, 0) is 90.3 Å². The second-order valence-electron chi connectivity index (χ2n) is 16.7. The lowest BCUT2D eigenvalue weighted by atomic mass is 9.88. The monoisotopic (exact) mass is 1060 g/mol. The highest BCUT2D eigenvalue weighted by atomic mass is 28.4. The third kappa shape index (κ3) is 13.2. The number of nitrogens with one attached hydrogen (secondary N) is 2. The van der Waals surface area contributed by atoms with Crippen LogP contribution in [0.5, 0.6) is 11.5 Å². The number of benzene rings is 2. The molecule has 0 spiro atoms. The maximum atomic E-state index is 15.0. The van der Waals surface area contributed by atoms with E-state index in [0.29, 0.717) is 35.4 Å². The highest BCUT2D eigenvalue weighted by molar-refractivity contribution is 6.76. The van der Waals surface area contributed by atoms with Crippen LogP contribution in [0.3, 0.4) is 0 Å². The average molecular weight is 1060 g/mol. The first kappa shape index (κ1) is 61.3. The largest absolute Gasteiger partial charge is 0.497 e. The average Bonchev–Trinajstić information content (AvgIpc) is 3.26. The van der Waals surface area contributed by atoms with E-state index in [1.807, 2.05) is 0 Å². The van der Waals surface area contributed by atoms with Crippen LogP contribution in [0.4, 0.5) is 85.1 Å². The summed E-state index contributed by atoms with van der Waals surface area (Å²) in [6.45, 7) is 7.72. The molecule has 2 aromatic rings. The van der Waals surface area contributed by atoms with Crippen molar-refractivity contribution in [3.63, 3.8) is 0 Å². The normalized spacial score (nSPS) is 15.0. The van der Waals surface area contributed by atoms with Gasteiger partial charge in [0.2, 0.25) is 0 Å². The van der Waals surface area contributed by atoms with Gasteiger partial charge in [0, 0.05) is 18.2 Å². The van der Waals surface area contributed by atoms with Gasteiger partial charge in [0.15, 0.2) is 8.32 Å². The van der Waals surface area contributed by atoms with Gasteiger partial charge < -0.3 is 18.6 Å². The van der Waals surface area contributed by atoms with Gasteiger partial charge in [0.25, 0.3) is 5.91 Å². The van der Waals surface area contributed by atoms with E-state index in [4.69, 9.17) is 23.8 Å². The summed E-state index contributed by atoms with van der Waals surface area (Å²) in [4.78, 5) is 24.4. The summed E-state index contributed by atoms with van der Waals surface area (Å²) >= 11 is 0. The standard InChI is InChI=1S/C43H51F17N2O7Si/c1-25(2)70(26(3)4,23-20-36(44,45)37(46,47)38(48,49)39(50,51)40(52,53)41(54,55)42(56,57)43(58,59)60)68-22-21-67-32-16-12-29(13-17-32)34(28(6)11-9-8-10-27(5)24-33(63)62-65)69-35(64)61-30-14-18-31(66-7)19-15-30/h8,10,12-19,24-26,28,34,65H,9,11,20-23H2,1-7H3,(H,61,64)(H,62,63)/b10-8+,27-24+/t28-,34+/m0/s1. The van der Waals surface area contributed by atoms with E-state index < -0.39 is 111 Å². The fourth-order valence-corrected chi connectivity index (χ4v) is 11.5. The minimum Gasteiger partial charge on any atom is -0.497 e. The Balaban J connectivity index is 2.30.